The second kappa shape index (κ2) is 10.8. The maximum Gasteiger partial charge on any atom is 0.416 e. The van der Waals surface area contributed by atoms with Gasteiger partial charge in [0.15, 0.2) is 0 Å². The summed E-state index contributed by atoms with van der Waals surface area (Å²) < 4.78 is 61.4. The zero-order valence-corrected chi connectivity index (χ0v) is 22.5. The summed E-state index contributed by atoms with van der Waals surface area (Å²) in [5, 5.41) is 1.03. The smallest absolute Gasteiger partial charge is 0.416 e. The average molecular weight is 573 g/mol. The Morgan fingerprint density at radius 1 is 1.16 bits per heavy atom. The van der Waals surface area contributed by atoms with Crippen LogP contribution in [-0.2, 0) is 29.2 Å². The van der Waals surface area contributed by atoms with Gasteiger partial charge in [-0.15, -0.1) is 0 Å². The van der Waals surface area contributed by atoms with Gasteiger partial charge in [0.1, 0.15) is 6.17 Å². The topological polar surface area (TPSA) is 51.5 Å². The predicted octanol–water partition coefficient (Wildman–Crippen LogP) is 6.77. The Balaban J connectivity index is 1.62. The Bertz CT molecular complexity index is 1400. The Labute approximate surface area is 227 Å². The molecule has 2 aromatic carbocycles. The summed E-state index contributed by atoms with van der Waals surface area (Å²) in [7, 11) is 1.66. The van der Waals surface area contributed by atoms with Crippen molar-refractivity contribution < 1.29 is 31.9 Å². The minimum atomic E-state index is -4.48. The van der Waals surface area contributed by atoms with Crippen LogP contribution in [0.1, 0.15) is 46.1 Å². The van der Waals surface area contributed by atoms with Crippen molar-refractivity contribution in [2.75, 3.05) is 19.7 Å². The Hall–Kier alpha value is -2.78. The summed E-state index contributed by atoms with van der Waals surface area (Å²) in [5.41, 5.74) is 1.35. The molecule has 2 unspecified atom stereocenters. The molecule has 1 aliphatic heterocycles. The zero-order chi connectivity index (χ0) is 27.9. The molecular weight excluding hydrogens is 547 g/mol. The highest BCUT2D eigenvalue weighted by Crippen LogP contribution is 2.36. The highest BCUT2D eigenvalue weighted by molar-refractivity contribution is 6.38. The molecule has 0 saturated carbocycles. The van der Waals surface area contributed by atoms with E-state index in [0.29, 0.717) is 27.7 Å². The predicted molar refractivity (Wildman–Crippen MR) is 137 cm³/mol. The van der Waals surface area contributed by atoms with E-state index in [1.165, 1.54) is 17.0 Å². The Kier molecular flexibility index (Phi) is 8.00. The number of nitrogens with zero attached hydrogens (tertiary/aromatic N) is 2. The molecule has 0 spiro atoms. The van der Waals surface area contributed by atoms with E-state index in [1.54, 1.807) is 31.5 Å². The van der Waals surface area contributed by atoms with E-state index >= 15 is 0 Å². The minimum absolute atomic E-state index is 0.0865. The van der Waals surface area contributed by atoms with Gasteiger partial charge in [0.05, 0.1) is 35.2 Å². The molecule has 0 aliphatic carbocycles. The highest BCUT2D eigenvalue weighted by Gasteiger charge is 2.38. The molecule has 0 radical (unpaired) electrons. The second-order valence-electron chi connectivity index (χ2n) is 9.40. The molecule has 1 aromatic heterocycles. The SMILES string of the molecule is CCOC(=O)C1CCN(C(=O)c2ccc(Cl)c(Cc3cc4c(C)cc(C(F)(F)F)cc4n3C)c2Cl)CC1F. The van der Waals surface area contributed by atoms with E-state index in [4.69, 9.17) is 27.9 Å². The molecular formula is C27H26Cl2F4N2O3. The van der Waals surface area contributed by atoms with Crippen molar-refractivity contribution >= 4 is 46.0 Å². The van der Waals surface area contributed by atoms with Crippen LogP contribution in [0.4, 0.5) is 17.6 Å². The first kappa shape index (κ1) is 28.2. The van der Waals surface area contributed by atoms with Crippen molar-refractivity contribution in [3.63, 3.8) is 0 Å². The number of hydrogen-bond acceptors (Lipinski definition) is 3. The van der Waals surface area contributed by atoms with Crippen LogP contribution in [0.15, 0.2) is 30.3 Å². The monoisotopic (exact) mass is 572 g/mol. The van der Waals surface area contributed by atoms with E-state index in [2.05, 4.69) is 0 Å². The maximum absolute atomic E-state index is 14.7. The van der Waals surface area contributed by atoms with Crippen molar-refractivity contribution in [1.29, 1.82) is 0 Å². The maximum atomic E-state index is 14.7. The van der Waals surface area contributed by atoms with Crippen molar-refractivity contribution in [2.24, 2.45) is 13.0 Å². The largest absolute Gasteiger partial charge is 0.466 e. The van der Waals surface area contributed by atoms with Crippen molar-refractivity contribution in [2.45, 2.75) is 39.0 Å². The van der Waals surface area contributed by atoms with Gasteiger partial charge in [0.2, 0.25) is 0 Å². The van der Waals surface area contributed by atoms with E-state index in [0.717, 1.165) is 12.1 Å². The van der Waals surface area contributed by atoms with Gasteiger partial charge in [-0.25, -0.2) is 4.39 Å². The third kappa shape index (κ3) is 5.36. The number of benzene rings is 2. The van der Waals surface area contributed by atoms with Gasteiger partial charge >= 0.3 is 12.1 Å². The first-order valence-electron chi connectivity index (χ1n) is 12.1. The summed E-state index contributed by atoms with van der Waals surface area (Å²) in [5.74, 6) is -2.05. The number of amides is 1. The van der Waals surface area contributed by atoms with E-state index in [1.807, 2.05) is 0 Å². The van der Waals surface area contributed by atoms with Crippen molar-refractivity contribution in [3.8, 4) is 0 Å². The van der Waals surface area contributed by atoms with E-state index < -0.39 is 35.7 Å². The average Bonchev–Trinajstić information content (AvgIpc) is 3.16. The first-order valence-corrected chi connectivity index (χ1v) is 12.8. The molecule has 5 nitrogen and oxygen atoms in total. The zero-order valence-electron chi connectivity index (χ0n) is 21.0. The quantitative estimate of drug-likeness (QED) is 0.250. The lowest BCUT2D eigenvalue weighted by molar-refractivity contribution is -0.152. The second-order valence-corrected chi connectivity index (χ2v) is 10.2. The van der Waals surface area contributed by atoms with Gasteiger partial charge in [0, 0.05) is 41.6 Å². The molecule has 2 heterocycles. The van der Waals surface area contributed by atoms with Gasteiger partial charge in [-0.3, -0.25) is 9.59 Å². The molecule has 3 aromatic rings. The number of esters is 1. The molecule has 1 fully saturated rings. The van der Waals surface area contributed by atoms with Crippen LogP contribution >= 0.6 is 23.2 Å². The summed E-state index contributed by atoms with van der Waals surface area (Å²) in [6.07, 6.45) is -5.77. The molecule has 0 bridgehead atoms. The minimum Gasteiger partial charge on any atom is -0.466 e. The van der Waals surface area contributed by atoms with Crippen molar-refractivity contribution in [3.05, 3.63) is 68.3 Å². The van der Waals surface area contributed by atoms with Gasteiger partial charge < -0.3 is 14.2 Å². The molecule has 4 rings (SSSR count). The fourth-order valence-corrected chi connectivity index (χ4v) is 5.46. The lowest BCUT2D eigenvalue weighted by atomic mass is 9.94. The number of hydrogen-bond donors (Lipinski definition) is 0. The Morgan fingerprint density at radius 2 is 1.87 bits per heavy atom. The van der Waals surface area contributed by atoms with Crippen LogP contribution in [0.3, 0.4) is 0 Å². The van der Waals surface area contributed by atoms with Gasteiger partial charge in [-0.05, 0) is 61.7 Å². The number of carbonyl (C=O) groups is 2. The van der Waals surface area contributed by atoms with Crippen molar-refractivity contribution in [1.82, 2.24) is 9.47 Å². The van der Waals surface area contributed by atoms with Crippen LogP contribution in [-0.4, -0.2) is 47.2 Å². The summed E-state index contributed by atoms with van der Waals surface area (Å²) in [6, 6.07) is 6.96. The number of piperidine rings is 1. The number of carbonyl (C=O) groups excluding carboxylic acids is 2. The van der Waals surface area contributed by atoms with E-state index in [9.17, 15) is 27.2 Å². The molecule has 204 valence electrons. The number of likely N-dealkylation sites (tertiary alicyclic amines) is 1. The molecule has 0 N–H and O–H groups in total. The number of ether oxygens (including phenoxy) is 1. The summed E-state index contributed by atoms with van der Waals surface area (Å²) in [4.78, 5) is 26.6. The van der Waals surface area contributed by atoms with Crippen LogP contribution in [0, 0.1) is 12.8 Å². The summed E-state index contributed by atoms with van der Waals surface area (Å²) in [6.45, 7) is 3.28. The molecule has 1 aliphatic rings. The Morgan fingerprint density at radius 3 is 2.50 bits per heavy atom. The van der Waals surface area contributed by atoms with Gasteiger partial charge in [-0.1, -0.05) is 23.2 Å². The fourth-order valence-electron chi connectivity index (χ4n) is 4.88. The summed E-state index contributed by atoms with van der Waals surface area (Å²) >= 11 is 13.1. The number of halogens is 6. The lowest BCUT2D eigenvalue weighted by Gasteiger charge is -2.33. The molecule has 1 saturated heterocycles. The fraction of sp³-hybridized carbons (Fsp3) is 0.407. The molecule has 11 heteroatoms. The van der Waals surface area contributed by atoms with Gasteiger partial charge in [0.25, 0.3) is 5.91 Å². The number of alkyl halides is 4. The number of aryl methyl sites for hydroxylation is 2. The number of rotatable bonds is 5. The van der Waals surface area contributed by atoms with Gasteiger partial charge in [-0.2, -0.15) is 13.2 Å². The molecule has 2 atom stereocenters. The lowest BCUT2D eigenvalue weighted by Crippen LogP contribution is -2.47. The van der Waals surface area contributed by atoms with Crippen LogP contribution in [0.5, 0.6) is 0 Å². The normalized spacial score (nSPS) is 18.2. The standard InChI is InChI=1S/C27H26Cl2F4N2O3/c1-4-38-26(37)17-7-8-35(13-22(17)30)25(36)18-5-6-21(28)20(24(18)29)12-16-11-19-14(2)9-15(27(31,32)33)10-23(19)34(16)3/h5-6,9-11,17,22H,4,7-8,12-13H2,1-3H3. The molecule has 38 heavy (non-hydrogen) atoms. The third-order valence-corrected chi connectivity index (χ3v) is 7.77. The third-order valence-electron chi connectivity index (χ3n) is 6.99. The first-order chi connectivity index (χ1) is 17.8. The van der Waals surface area contributed by atoms with Crippen LogP contribution in [0.2, 0.25) is 10.0 Å². The van der Waals surface area contributed by atoms with Crippen LogP contribution < -0.4 is 0 Å². The number of fused-ring (bicyclic) bond motifs is 1. The highest BCUT2D eigenvalue weighted by atomic mass is 35.5. The van der Waals surface area contributed by atoms with Crippen LogP contribution in [0.25, 0.3) is 10.9 Å². The molecule has 1 amide bonds. The van der Waals surface area contributed by atoms with E-state index in [-0.39, 0.29) is 48.1 Å². The number of aromatic nitrogens is 1.